The number of ether oxygens (including phenoxy) is 1. The molecule has 0 heterocycles. The number of hydrogen-bond donors (Lipinski definition) is 1. The van der Waals surface area contributed by atoms with Crippen molar-refractivity contribution in [1.82, 2.24) is 0 Å². The maximum atomic E-state index is 10.1. The largest absolute Gasteiger partial charge is 0.450 e. The third-order valence-electron chi connectivity index (χ3n) is 1.27. The second-order valence-corrected chi connectivity index (χ2v) is 2.91. The molecule has 0 aliphatic rings. The van der Waals surface area contributed by atoms with E-state index in [-0.39, 0.29) is 6.61 Å². The molecule has 0 aliphatic carbocycles. The zero-order valence-corrected chi connectivity index (χ0v) is 6.76. The van der Waals surface area contributed by atoms with Crippen molar-refractivity contribution in [3.63, 3.8) is 0 Å². The SMILES string of the molecule is CC(C)(C#N)CCOC(N)=O. The molecule has 0 saturated carbocycles. The topological polar surface area (TPSA) is 76.1 Å². The molecule has 4 heteroatoms. The van der Waals surface area contributed by atoms with Crippen LogP contribution in [0.3, 0.4) is 0 Å². The standard InChI is InChI=1S/C7H12N2O2/c1-7(2,5-8)3-4-11-6(9)10/h3-4H2,1-2H3,(H2,9,10). The van der Waals surface area contributed by atoms with Gasteiger partial charge in [0.1, 0.15) is 0 Å². The average Bonchev–Trinajstić information content (AvgIpc) is 1.87. The fourth-order valence-electron chi connectivity index (χ4n) is 0.463. The molecule has 0 bridgehead atoms. The quantitative estimate of drug-likeness (QED) is 0.662. The molecule has 11 heavy (non-hydrogen) atoms. The van der Waals surface area contributed by atoms with Crippen LogP contribution in [0.5, 0.6) is 0 Å². The van der Waals surface area contributed by atoms with Crippen LogP contribution < -0.4 is 5.73 Å². The fraction of sp³-hybridized carbons (Fsp3) is 0.714. The van der Waals surface area contributed by atoms with Gasteiger partial charge >= 0.3 is 6.09 Å². The molecule has 0 radical (unpaired) electrons. The van der Waals surface area contributed by atoms with Gasteiger partial charge in [0.2, 0.25) is 0 Å². The lowest BCUT2D eigenvalue weighted by atomic mass is 9.92. The molecule has 0 aliphatic heterocycles. The van der Waals surface area contributed by atoms with Crippen molar-refractivity contribution >= 4 is 6.09 Å². The predicted molar refractivity (Wildman–Crippen MR) is 39.5 cm³/mol. The summed E-state index contributed by atoms with van der Waals surface area (Å²) in [7, 11) is 0. The first-order valence-corrected chi connectivity index (χ1v) is 3.31. The van der Waals surface area contributed by atoms with Gasteiger partial charge in [-0.1, -0.05) is 0 Å². The van der Waals surface area contributed by atoms with Crippen LogP contribution in [0.4, 0.5) is 4.79 Å². The van der Waals surface area contributed by atoms with Gasteiger partial charge in [-0.3, -0.25) is 0 Å². The molecule has 0 aromatic heterocycles. The Morgan fingerprint density at radius 1 is 1.73 bits per heavy atom. The van der Waals surface area contributed by atoms with E-state index in [0.717, 1.165) is 0 Å². The number of amides is 1. The Balaban J connectivity index is 3.56. The van der Waals surface area contributed by atoms with E-state index in [2.05, 4.69) is 10.8 Å². The summed E-state index contributed by atoms with van der Waals surface area (Å²) in [5.41, 5.74) is 4.27. The minimum absolute atomic E-state index is 0.204. The minimum atomic E-state index is -0.793. The van der Waals surface area contributed by atoms with Crippen molar-refractivity contribution in [2.45, 2.75) is 20.3 Å². The van der Waals surface area contributed by atoms with Crippen molar-refractivity contribution in [3.05, 3.63) is 0 Å². The third kappa shape index (κ3) is 5.22. The maximum absolute atomic E-state index is 10.1. The van der Waals surface area contributed by atoms with Gasteiger partial charge in [0.05, 0.1) is 18.1 Å². The monoisotopic (exact) mass is 156 g/mol. The van der Waals surface area contributed by atoms with Gasteiger partial charge in [-0.05, 0) is 20.3 Å². The highest BCUT2D eigenvalue weighted by molar-refractivity contribution is 5.64. The van der Waals surface area contributed by atoms with Gasteiger partial charge in [-0.15, -0.1) is 0 Å². The van der Waals surface area contributed by atoms with E-state index in [1.165, 1.54) is 0 Å². The number of hydrogen-bond acceptors (Lipinski definition) is 3. The Morgan fingerprint density at radius 3 is 2.64 bits per heavy atom. The van der Waals surface area contributed by atoms with Crippen LogP contribution in [-0.4, -0.2) is 12.7 Å². The zero-order valence-electron chi connectivity index (χ0n) is 6.76. The van der Waals surface area contributed by atoms with Crippen molar-refractivity contribution < 1.29 is 9.53 Å². The molecule has 0 fully saturated rings. The summed E-state index contributed by atoms with van der Waals surface area (Å²) in [5, 5.41) is 8.54. The first-order valence-electron chi connectivity index (χ1n) is 3.31. The molecule has 0 atom stereocenters. The lowest BCUT2D eigenvalue weighted by molar-refractivity contribution is 0.145. The molecule has 0 rings (SSSR count). The molecular formula is C7H12N2O2. The van der Waals surface area contributed by atoms with Crippen LogP contribution in [0.25, 0.3) is 0 Å². The van der Waals surface area contributed by atoms with E-state index in [9.17, 15) is 4.79 Å². The molecule has 0 aromatic carbocycles. The maximum Gasteiger partial charge on any atom is 0.404 e. The van der Waals surface area contributed by atoms with E-state index >= 15 is 0 Å². The number of carbonyl (C=O) groups excluding carboxylic acids is 1. The van der Waals surface area contributed by atoms with Gasteiger partial charge in [-0.2, -0.15) is 5.26 Å². The van der Waals surface area contributed by atoms with Gasteiger partial charge in [0.25, 0.3) is 0 Å². The van der Waals surface area contributed by atoms with Crippen LogP contribution >= 0.6 is 0 Å². The smallest absolute Gasteiger partial charge is 0.404 e. The summed E-state index contributed by atoms with van der Waals surface area (Å²) in [6.45, 7) is 3.75. The average molecular weight is 156 g/mol. The van der Waals surface area contributed by atoms with Crippen molar-refractivity contribution in [2.24, 2.45) is 11.1 Å². The van der Waals surface area contributed by atoms with Crippen LogP contribution in [0, 0.1) is 16.7 Å². The Bertz CT molecular complexity index is 181. The van der Waals surface area contributed by atoms with Gasteiger partial charge in [0.15, 0.2) is 0 Å². The first kappa shape index (κ1) is 9.76. The molecule has 4 nitrogen and oxygen atoms in total. The highest BCUT2D eigenvalue weighted by atomic mass is 16.5. The highest BCUT2D eigenvalue weighted by Gasteiger charge is 2.16. The van der Waals surface area contributed by atoms with Gasteiger partial charge in [-0.25, -0.2) is 4.79 Å². The minimum Gasteiger partial charge on any atom is -0.450 e. The van der Waals surface area contributed by atoms with Gasteiger partial charge < -0.3 is 10.5 Å². The molecular weight excluding hydrogens is 144 g/mol. The second-order valence-electron chi connectivity index (χ2n) is 2.91. The summed E-state index contributed by atoms with van der Waals surface area (Å²) in [6.07, 6.45) is -0.286. The molecule has 0 spiro atoms. The van der Waals surface area contributed by atoms with E-state index in [1.807, 2.05) is 0 Å². The van der Waals surface area contributed by atoms with E-state index in [0.29, 0.717) is 6.42 Å². The van der Waals surface area contributed by atoms with Crippen molar-refractivity contribution in [2.75, 3.05) is 6.61 Å². The molecule has 2 N–H and O–H groups in total. The first-order chi connectivity index (χ1) is 4.98. The zero-order chi connectivity index (χ0) is 8.91. The summed E-state index contributed by atoms with van der Waals surface area (Å²) >= 11 is 0. The Labute approximate surface area is 65.9 Å². The highest BCUT2D eigenvalue weighted by Crippen LogP contribution is 2.17. The number of rotatable bonds is 3. The number of nitriles is 1. The van der Waals surface area contributed by atoms with E-state index in [4.69, 9.17) is 11.0 Å². The summed E-state index contributed by atoms with van der Waals surface area (Å²) in [5.74, 6) is 0. The molecule has 1 amide bonds. The normalized spacial score (nSPS) is 10.3. The fourth-order valence-corrected chi connectivity index (χ4v) is 0.463. The molecule has 62 valence electrons. The van der Waals surface area contributed by atoms with E-state index < -0.39 is 11.5 Å². The number of carbonyl (C=O) groups is 1. The van der Waals surface area contributed by atoms with Gasteiger partial charge in [0, 0.05) is 0 Å². The van der Waals surface area contributed by atoms with Crippen LogP contribution in [0.1, 0.15) is 20.3 Å². The van der Waals surface area contributed by atoms with Crippen LogP contribution in [0.15, 0.2) is 0 Å². The number of nitrogens with zero attached hydrogens (tertiary/aromatic N) is 1. The number of primary amides is 1. The Hall–Kier alpha value is -1.24. The number of nitrogens with two attached hydrogens (primary N) is 1. The van der Waals surface area contributed by atoms with Crippen molar-refractivity contribution in [3.8, 4) is 6.07 Å². The Kier molecular flexibility index (Phi) is 3.38. The lowest BCUT2D eigenvalue weighted by Gasteiger charge is -2.13. The molecule has 0 saturated heterocycles. The second kappa shape index (κ2) is 3.81. The van der Waals surface area contributed by atoms with Crippen LogP contribution in [-0.2, 0) is 4.74 Å². The Morgan fingerprint density at radius 2 is 2.27 bits per heavy atom. The molecule has 0 aromatic rings. The third-order valence-corrected chi connectivity index (χ3v) is 1.27. The molecule has 0 unspecified atom stereocenters. The summed E-state index contributed by atoms with van der Waals surface area (Å²) < 4.78 is 4.47. The van der Waals surface area contributed by atoms with Crippen LogP contribution in [0.2, 0.25) is 0 Å². The summed E-state index contributed by atoms with van der Waals surface area (Å²) in [4.78, 5) is 10.1. The van der Waals surface area contributed by atoms with Crippen molar-refractivity contribution in [1.29, 1.82) is 5.26 Å². The predicted octanol–water partition coefficient (Wildman–Crippen LogP) is 1.02. The summed E-state index contributed by atoms with van der Waals surface area (Å²) in [6, 6.07) is 2.08. The van der Waals surface area contributed by atoms with E-state index in [1.54, 1.807) is 13.8 Å². The lowest BCUT2D eigenvalue weighted by Crippen LogP contribution is -2.18.